The summed E-state index contributed by atoms with van der Waals surface area (Å²) in [5.41, 5.74) is 1.09. The molecule has 0 aliphatic carbocycles. The van der Waals surface area contributed by atoms with Crippen molar-refractivity contribution in [2.75, 3.05) is 0 Å². The normalized spacial score (nSPS) is 9.55. The molecule has 2 aromatic rings. The molecular formula is C8H8ClMgN. The number of aromatic nitrogens is 1. The largest absolute Gasteiger partial charge is 2.00 e. The Bertz CT molecular complexity index is 331. The van der Waals surface area contributed by atoms with Gasteiger partial charge in [0, 0.05) is 10.9 Å². The van der Waals surface area contributed by atoms with Crippen LogP contribution in [0.15, 0.2) is 30.3 Å². The molecule has 0 atom stereocenters. The first-order valence-electron chi connectivity index (χ1n) is 3.09. The number of halogens is 1. The molecule has 1 nitrogen and oxygen atoms in total. The Hall–Kier alpha value is -0.184. The molecule has 0 saturated heterocycles. The molecule has 11 heavy (non-hydrogen) atoms. The zero-order valence-corrected chi connectivity index (χ0v) is 8.14. The van der Waals surface area contributed by atoms with E-state index in [0.29, 0.717) is 5.15 Å². The van der Waals surface area contributed by atoms with Crippen molar-refractivity contribution >= 4 is 45.6 Å². The first-order valence-corrected chi connectivity index (χ1v) is 3.47. The van der Waals surface area contributed by atoms with Gasteiger partial charge in [0.25, 0.3) is 0 Å². The third kappa shape index (κ3) is 1.69. The number of H-pyrrole nitrogens is 1. The summed E-state index contributed by atoms with van der Waals surface area (Å²) in [6, 6.07) is 9.91. The van der Waals surface area contributed by atoms with E-state index in [9.17, 15) is 0 Å². The second-order valence-corrected chi connectivity index (χ2v) is 2.61. The maximum absolute atomic E-state index is 5.73. The standard InChI is InChI=1S/C8H6ClN.Mg.2H/c9-8-5-6-3-1-2-4-7(6)10-8;;;/h1-5,10H;;;/q;+2;2*-1. The van der Waals surface area contributed by atoms with Crippen molar-refractivity contribution in [3.05, 3.63) is 35.5 Å². The number of aromatic amines is 1. The van der Waals surface area contributed by atoms with Crippen LogP contribution in [0.5, 0.6) is 0 Å². The van der Waals surface area contributed by atoms with E-state index in [1.807, 2.05) is 30.3 Å². The molecule has 3 heteroatoms. The van der Waals surface area contributed by atoms with Gasteiger partial charge in [-0.2, -0.15) is 0 Å². The minimum Gasteiger partial charge on any atom is -1.00 e. The van der Waals surface area contributed by atoms with Crippen molar-refractivity contribution in [2.24, 2.45) is 0 Å². The summed E-state index contributed by atoms with van der Waals surface area (Å²) in [4.78, 5) is 3.02. The summed E-state index contributed by atoms with van der Waals surface area (Å²) in [6.07, 6.45) is 0. The molecule has 0 aliphatic rings. The Morgan fingerprint density at radius 1 is 1.27 bits per heavy atom. The number of rotatable bonds is 0. The van der Waals surface area contributed by atoms with E-state index in [0.717, 1.165) is 10.9 Å². The van der Waals surface area contributed by atoms with E-state index in [1.165, 1.54) is 0 Å². The summed E-state index contributed by atoms with van der Waals surface area (Å²) in [6.45, 7) is 0. The molecule has 2 rings (SSSR count). The first kappa shape index (κ1) is 8.91. The maximum atomic E-state index is 5.73. The molecule has 0 radical (unpaired) electrons. The predicted octanol–water partition coefficient (Wildman–Crippen LogP) is 2.67. The van der Waals surface area contributed by atoms with E-state index in [4.69, 9.17) is 11.6 Å². The summed E-state index contributed by atoms with van der Waals surface area (Å²) in [7, 11) is 0. The molecule has 0 aliphatic heterocycles. The molecule has 0 amide bonds. The van der Waals surface area contributed by atoms with Gasteiger partial charge in [0.15, 0.2) is 0 Å². The Morgan fingerprint density at radius 3 is 2.73 bits per heavy atom. The maximum Gasteiger partial charge on any atom is 2.00 e. The van der Waals surface area contributed by atoms with Gasteiger partial charge in [-0.15, -0.1) is 0 Å². The van der Waals surface area contributed by atoms with Crippen molar-refractivity contribution < 1.29 is 2.85 Å². The zero-order valence-electron chi connectivity index (χ0n) is 7.97. The van der Waals surface area contributed by atoms with Crippen molar-refractivity contribution in [3.8, 4) is 0 Å². The quantitative estimate of drug-likeness (QED) is 0.596. The molecule has 54 valence electrons. The Balaban J connectivity index is 0. The van der Waals surface area contributed by atoms with Crippen molar-refractivity contribution in [1.29, 1.82) is 0 Å². The van der Waals surface area contributed by atoms with Crippen molar-refractivity contribution in [3.63, 3.8) is 0 Å². The van der Waals surface area contributed by atoms with Crippen LogP contribution >= 0.6 is 11.6 Å². The SMILES string of the molecule is Clc1cc2ccccc2[nH]1.[H-].[H-].[Mg+2]. The van der Waals surface area contributed by atoms with Crippen LogP contribution in [0.2, 0.25) is 5.15 Å². The second kappa shape index (κ2) is 3.48. The number of hydrogen-bond donors (Lipinski definition) is 1. The van der Waals surface area contributed by atoms with Gasteiger partial charge in [-0.05, 0) is 12.1 Å². The van der Waals surface area contributed by atoms with Crippen LogP contribution in [0.3, 0.4) is 0 Å². The van der Waals surface area contributed by atoms with Crippen molar-refractivity contribution in [2.45, 2.75) is 0 Å². The van der Waals surface area contributed by atoms with Gasteiger partial charge >= 0.3 is 23.1 Å². The fourth-order valence-corrected chi connectivity index (χ4v) is 1.26. The monoisotopic (exact) mass is 177 g/mol. The molecule has 0 saturated carbocycles. The number of fused-ring (bicyclic) bond motifs is 1. The van der Waals surface area contributed by atoms with Crippen molar-refractivity contribution in [1.82, 2.24) is 4.98 Å². The van der Waals surface area contributed by atoms with Gasteiger partial charge in [0.05, 0.1) is 0 Å². The number of para-hydroxylation sites is 1. The zero-order chi connectivity index (χ0) is 6.97. The van der Waals surface area contributed by atoms with E-state index in [2.05, 4.69) is 4.98 Å². The third-order valence-corrected chi connectivity index (χ3v) is 1.70. The van der Waals surface area contributed by atoms with E-state index >= 15 is 0 Å². The van der Waals surface area contributed by atoms with Crippen LogP contribution in [0.4, 0.5) is 0 Å². The predicted molar refractivity (Wildman–Crippen MR) is 51.3 cm³/mol. The molecule has 0 unspecified atom stereocenters. The third-order valence-electron chi connectivity index (χ3n) is 1.50. The summed E-state index contributed by atoms with van der Waals surface area (Å²) in [5.74, 6) is 0. The van der Waals surface area contributed by atoms with Gasteiger partial charge in [0.2, 0.25) is 0 Å². The molecule has 0 spiro atoms. The Morgan fingerprint density at radius 2 is 2.00 bits per heavy atom. The van der Waals surface area contributed by atoms with Crippen LogP contribution in [0, 0.1) is 0 Å². The molecule has 1 N–H and O–H groups in total. The topological polar surface area (TPSA) is 15.8 Å². The minimum absolute atomic E-state index is 0. The van der Waals surface area contributed by atoms with Gasteiger partial charge < -0.3 is 7.84 Å². The first-order chi connectivity index (χ1) is 4.86. The van der Waals surface area contributed by atoms with E-state index < -0.39 is 0 Å². The summed E-state index contributed by atoms with van der Waals surface area (Å²) >= 11 is 5.73. The van der Waals surface area contributed by atoms with E-state index in [-0.39, 0.29) is 25.9 Å². The number of benzene rings is 1. The molecule has 0 fully saturated rings. The molecule has 1 aromatic heterocycles. The van der Waals surface area contributed by atoms with Gasteiger partial charge in [-0.3, -0.25) is 0 Å². The van der Waals surface area contributed by atoms with Gasteiger partial charge in [0.1, 0.15) is 5.15 Å². The average molecular weight is 178 g/mol. The fraction of sp³-hybridized carbons (Fsp3) is 0. The van der Waals surface area contributed by atoms with Gasteiger partial charge in [-0.1, -0.05) is 29.8 Å². The summed E-state index contributed by atoms with van der Waals surface area (Å²) < 4.78 is 0. The number of hydrogen-bond acceptors (Lipinski definition) is 0. The average Bonchev–Trinajstić information content (AvgIpc) is 2.27. The second-order valence-electron chi connectivity index (χ2n) is 2.20. The van der Waals surface area contributed by atoms with Crippen LogP contribution < -0.4 is 0 Å². The Labute approximate surface area is 88.9 Å². The molecule has 1 aromatic carbocycles. The number of nitrogens with one attached hydrogen (secondary N) is 1. The van der Waals surface area contributed by atoms with Gasteiger partial charge in [-0.25, -0.2) is 0 Å². The fourth-order valence-electron chi connectivity index (χ4n) is 1.04. The summed E-state index contributed by atoms with van der Waals surface area (Å²) in [5, 5.41) is 1.86. The minimum atomic E-state index is 0. The molecular weight excluding hydrogens is 170 g/mol. The molecule has 0 bridgehead atoms. The van der Waals surface area contributed by atoms with Crippen LogP contribution in [0.25, 0.3) is 10.9 Å². The molecule has 1 heterocycles. The van der Waals surface area contributed by atoms with Crippen LogP contribution in [0.1, 0.15) is 2.85 Å². The van der Waals surface area contributed by atoms with Crippen LogP contribution in [-0.4, -0.2) is 28.0 Å². The Kier molecular flexibility index (Phi) is 2.81. The van der Waals surface area contributed by atoms with E-state index in [1.54, 1.807) is 0 Å². The smallest absolute Gasteiger partial charge is 1.00 e. The van der Waals surface area contributed by atoms with Crippen LogP contribution in [-0.2, 0) is 0 Å².